The monoisotopic (exact) mass is 202 g/mol. The highest BCUT2D eigenvalue weighted by molar-refractivity contribution is 7.19. The lowest BCUT2D eigenvalue weighted by Crippen LogP contribution is -1.91. The van der Waals surface area contributed by atoms with Crippen molar-refractivity contribution < 1.29 is 0 Å². The van der Waals surface area contributed by atoms with Crippen LogP contribution in [0.4, 0.5) is 5.69 Å². The lowest BCUT2D eigenvalue weighted by Gasteiger charge is -2.01. The van der Waals surface area contributed by atoms with Crippen molar-refractivity contribution in [3.63, 3.8) is 0 Å². The van der Waals surface area contributed by atoms with E-state index in [1.165, 1.54) is 11.3 Å². The zero-order chi connectivity index (χ0) is 10.1. The number of rotatable bonds is 1. The predicted octanol–water partition coefficient (Wildman–Crippen LogP) is 2.92. The third-order valence-corrected chi connectivity index (χ3v) is 3.27. The summed E-state index contributed by atoms with van der Waals surface area (Å²) in [7, 11) is 0. The van der Waals surface area contributed by atoms with Gasteiger partial charge < -0.3 is 5.73 Å². The zero-order valence-electron chi connectivity index (χ0n) is 7.87. The minimum atomic E-state index is 0.743. The van der Waals surface area contributed by atoms with Gasteiger partial charge in [0, 0.05) is 10.4 Å². The van der Waals surface area contributed by atoms with E-state index in [1.54, 1.807) is 0 Å². The molecule has 0 spiro atoms. The number of hydrogen-bond donors (Lipinski definition) is 1. The Balaban J connectivity index is 2.71. The maximum Gasteiger partial charge on any atom is 0.110 e. The van der Waals surface area contributed by atoms with Gasteiger partial charge in [-0.3, -0.25) is 0 Å². The molecule has 0 atom stereocenters. The Morgan fingerprint density at radius 1 is 1.43 bits per heavy atom. The van der Waals surface area contributed by atoms with Crippen molar-refractivity contribution in [2.75, 3.05) is 5.73 Å². The van der Waals surface area contributed by atoms with Gasteiger partial charge in [0.15, 0.2) is 0 Å². The molecular formula is C11H10N2S. The summed E-state index contributed by atoms with van der Waals surface area (Å²) in [6.07, 6.45) is 0.930. The second-order valence-corrected chi connectivity index (χ2v) is 4.25. The lowest BCUT2D eigenvalue weighted by atomic mass is 10.1. The number of nitriles is 1. The highest BCUT2D eigenvalue weighted by Gasteiger charge is 2.04. The summed E-state index contributed by atoms with van der Waals surface area (Å²) in [5.41, 5.74) is 7.85. The molecule has 3 heteroatoms. The van der Waals surface area contributed by atoms with Crippen LogP contribution in [0.25, 0.3) is 10.1 Å². The standard InChI is InChI=1S/C11H10N2S/c1-2-7-3-8-4-9(6-12)14-11(8)5-10(7)13/h3-5H,2,13H2,1H3. The van der Waals surface area contributed by atoms with Crippen LogP contribution < -0.4 is 5.73 Å². The minimum Gasteiger partial charge on any atom is -0.398 e. The second kappa shape index (κ2) is 3.32. The van der Waals surface area contributed by atoms with Gasteiger partial charge in [-0.05, 0) is 35.6 Å². The molecule has 0 amide bonds. The van der Waals surface area contributed by atoms with E-state index in [0.29, 0.717) is 0 Å². The first-order chi connectivity index (χ1) is 6.74. The molecule has 2 rings (SSSR count). The average Bonchev–Trinajstić information content (AvgIpc) is 2.58. The van der Waals surface area contributed by atoms with Crippen molar-refractivity contribution in [3.8, 4) is 6.07 Å². The molecule has 0 saturated carbocycles. The number of fused-ring (bicyclic) bond motifs is 1. The molecule has 0 bridgehead atoms. The molecule has 2 N–H and O–H groups in total. The van der Waals surface area contributed by atoms with E-state index in [1.807, 2.05) is 12.1 Å². The van der Waals surface area contributed by atoms with Gasteiger partial charge >= 0.3 is 0 Å². The van der Waals surface area contributed by atoms with Gasteiger partial charge in [0.1, 0.15) is 10.9 Å². The number of anilines is 1. The average molecular weight is 202 g/mol. The largest absolute Gasteiger partial charge is 0.398 e. The molecule has 2 nitrogen and oxygen atoms in total. The number of nitrogens with zero attached hydrogens (tertiary/aromatic N) is 1. The fourth-order valence-electron chi connectivity index (χ4n) is 1.51. The third kappa shape index (κ3) is 1.34. The molecule has 0 saturated heterocycles. The number of aryl methyl sites for hydroxylation is 1. The summed E-state index contributed by atoms with van der Waals surface area (Å²) in [5.74, 6) is 0. The van der Waals surface area contributed by atoms with Crippen LogP contribution in [-0.2, 0) is 6.42 Å². The van der Waals surface area contributed by atoms with Crippen molar-refractivity contribution in [1.82, 2.24) is 0 Å². The molecule has 0 aliphatic rings. The van der Waals surface area contributed by atoms with Gasteiger partial charge in [-0.2, -0.15) is 5.26 Å². The quantitative estimate of drug-likeness (QED) is 0.723. The van der Waals surface area contributed by atoms with Crippen LogP contribution in [-0.4, -0.2) is 0 Å². The molecule has 0 unspecified atom stereocenters. The Bertz CT molecular complexity index is 520. The molecule has 1 heterocycles. The van der Waals surface area contributed by atoms with Gasteiger partial charge in [0.25, 0.3) is 0 Å². The Morgan fingerprint density at radius 3 is 2.86 bits per heavy atom. The van der Waals surface area contributed by atoms with Crippen LogP contribution in [0.2, 0.25) is 0 Å². The maximum absolute atomic E-state index is 8.76. The van der Waals surface area contributed by atoms with E-state index in [-0.39, 0.29) is 0 Å². The zero-order valence-corrected chi connectivity index (χ0v) is 8.69. The fourth-order valence-corrected chi connectivity index (χ4v) is 2.40. The van der Waals surface area contributed by atoms with Gasteiger partial charge in [-0.1, -0.05) is 6.92 Å². The summed E-state index contributed by atoms with van der Waals surface area (Å²) >= 11 is 1.49. The van der Waals surface area contributed by atoms with Gasteiger partial charge in [-0.15, -0.1) is 11.3 Å². The Hall–Kier alpha value is -1.53. The van der Waals surface area contributed by atoms with Gasteiger partial charge in [0.05, 0.1) is 0 Å². The topological polar surface area (TPSA) is 49.8 Å². The Labute approximate surface area is 86.6 Å². The Morgan fingerprint density at radius 2 is 2.21 bits per heavy atom. The molecule has 2 aromatic rings. The molecule has 1 aromatic heterocycles. The fraction of sp³-hybridized carbons (Fsp3) is 0.182. The molecule has 0 radical (unpaired) electrons. The van der Waals surface area contributed by atoms with Crippen LogP contribution in [0.15, 0.2) is 18.2 Å². The van der Waals surface area contributed by atoms with E-state index in [4.69, 9.17) is 11.0 Å². The van der Waals surface area contributed by atoms with Gasteiger partial charge in [-0.25, -0.2) is 0 Å². The number of nitrogens with two attached hydrogens (primary N) is 1. The third-order valence-electron chi connectivity index (χ3n) is 2.27. The normalized spacial score (nSPS) is 10.3. The summed E-state index contributed by atoms with van der Waals surface area (Å²) in [5, 5.41) is 9.89. The predicted molar refractivity (Wildman–Crippen MR) is 60.3 cm³/mol. The lowest BCUT2D eigenvalue weighted by molar-refractivity contribution is 1.15. The van der Waals surface area contributed by atoms with Crippen molar-refractivity contribution >= 4 is 27.1 Å². The molecule has 1 aromatic carbocycles. The number of hydrogen-bond acceptors (Lipinski definition) is 3. The smallest absolute Gasteiger partial charge is 0.110 e. The van der Waals surface area contributed by atoms with E-state index < -0.39 is 0 Å². The van der Waals surface area contributed by atoms with E-state index in [9.17, 15) is 0 Å². The van der Waals surface area contributed by atoms with Gasteiger partial charge in [0.2, 0.25) is 0 Å². The first-order valence-corrected chi connectivity index (χ1v) is 5.28. The number of thiophene rings is 1. The highest BCUT2D eigenvalue weighted by atomic mass is 32.1. The van der Waals surface area contributed by atoms with E-state index in [2.05, 4.69) is 19.1 Å². The van der Waals surface area contributed by atoms with E-state index in [0.717, 1.165) is 32.6 Å². The second-order valence-electron chi connectivity index (χ2n) is 3.16. The van der Waals surface area contributed by atoms with Crippen LogP contribution in [0.5, 0.6) is 0 Å². The molecule has 70 valence electrons. The van der Waals surface area contributed by atoms with Crippen LogP contribution >= 0.6 is 11.3 Å². The van der Waals surface area contributed by atoms with E-state index >= 15 is 0 Å². The first kappa shape index (κ1) is 9.04. The molecular weight excluding hydrogens is 192 g/mol. The van der Waals surface area contributed by atoms with Crippen molar-refractivity contribution in [3.05, 3.63) is 28.6 Å². The Kier molecular flexibility index (Phi) is 2.14. The summed E-state index contributed by atoms with van der Waals surface area (Å²) in [6.45, 7) is 2.08. The summed E-state index contributed by atoms with van der Waals surface area (Å²) in [6, 6.07) is 8.10. The molecule has 14 heavy (non-hydrogen) atoms. The molecule has 0 aliphatic carbocycles. The van der Waals surface area contributed by atoms with Crippen molar-refractivity contribution in [1.29, 1.82) is 5.26 Å². The van der Waals surface area contributed by atoms with Crippen molar-refractivity contribution in [2.45, 2.75) is 13.3 Å². The number of benzene rings is 1. The van der Waals surface area contributed by atoms with Crippen LogP contribution in [0.3, 0.4) is 0 Å². The summed E-state index contributed by atoms with van der Waals surface area (Å²) in [4.78, 5) is 0.743. The van der Waals surface area contributed by atoms with Crippen LogP contribution in [0, 0.1) is 11.3 Å². The highest BCUT2D eigenvalue weighted by Crippen LogP contribution is 2.29. The van der Waals surface area contributed by atoms with Crippen molar-refractivity contribution in [2.24, 2.45) is 0 Å². The molecule has 0 fully saturated rings. The minimum absolute atomic E-state index is 0.743. The van der Waals surface area contributed by atoms with Crippen LogP contribution in [0.1, 0.15) is 17.4 Å². The number of nitrogen functional groups attached to an aromatic ring is 1. The molecule has 0 aliphatic heterocycles. The first-order valence-electron chi connectivity index (χ1n) is 4.46. The SMILES string of the molecule is CCc1cc2cc(C#N)sc2cc1N. The maximum atomic E-state index is 8.76. The summed E-state index contributed by atoms with van der Waals surface area (Å²) < 4.78 is 1.09.